The van der Waals surface area contributed by atoms with Gasteiger partial charge in [-0.2, -0.15) is 0 Å². The van der Waals surface area contributed by atoms with E-state index in [1.165, 1.54) is 5.56 Å². The van der Waals surface area contributed by atoms with Crippen LogP contribution < -0.4 is 0 Å². The van der Waals surface area contributed by atoms with Gasteiger partial charge in [0.2, 0.25) is 0 Å². The van der Waals surface area contributed by atoms with Crippen LogP contribution in [0.3, 0.4) is 0 Å². The Labute approximate surface area is 74.0 Å². The average Bonchev–Trinajstić information content (AvgIpc) is 2.06. The van der Waals surface area contributed by atoms with E-state index in [9.17, 15) is 0 Å². The predicted molar refractivity (Wildman–Crippen MR) is 54.2 cm³/mol. The van der Waals surface area contributed by atoms with Crippen molar-refractivity contribution in [1.82, 2.24) is 0 Å². The first-order valence-electron chi connectivity index (χ1n) is 3.97. The van der Waals surface area contributed by atoms with E-state index in [0.29, 0.717) is 0 Å². The third-order valence-corrected chi connectivity index (χ3v) is 2.76. The van der Waals surface area contributed by atoms with Crippen LogP contribution in [0.5, 0.6) is 0 Å². The first kappa shape index (κ1) is 8.66. The molecule has 0 aliphatic heterocycles. The molecule has 0 N–H and O–H groups in total. The molecule has 0 fully saturated rings. The molecule has 0 saturated heterocycles. The van der Waals surface area contributed by atoms with Crippen molar-refractivity contribution in [3.05, 3.63) is 35.9 Å². The fraction of sp³-hybridized carbons (Fsp3) is 0.400. The van der Waals surface area contributed by atoms with Crippen molar-refractivity contribution in [2.45, 2.75) is 25.0 Å². The molecule has 11 heavy (non-hydrogen) atoms. The summed E-state index contributed by atoms with van der Waals surface area (Å²) in [7, 11) is 0. The zero-order chi connectivity index (χ0) is 8.32. The van der Waals surface area contributed by atoms with Crippen molar-refractivity contribution in [2.24, 2.45) is 0 Å². The normalized spacial score (nSPS) is 15.9. The highest BCUT2D eigenvalue weighted by Gasteiger charge is 2.24. The summed E-state index contributed by atoms with van der Waals surface area (Å²) in [5.41, 5.74) is 1.35. The lowest BCUT2D eigenvalue weighted by atomic mass is 9.98. The fourth-order valence-electron chi connectivity index (χ4n) is 1.01. The molecule has 1 rings (SSSR count). The monoisotopic (exact) mass is 167 g/mol. The minimum atomic E-state index is 0.140. The maximum Gasteiger partial charge on any atom is 0.145 e. The van der Waals surface area contributed by atoms with Gasteiger partial charge >= 0.3 is 0 Å². The molecule has 0 amide bonds. The highest BCUT2D eigenvalue weighted by Crippen LogP contribution is 2.24. The smallest absolute Gasteiger partial charge is 0.0622 e. The van der Waals surface area contributed by atoms with Crippen molar-refractivity contribution >= 4 is 12.6 Å². The van der Waals surface area contributed by atoms with Gasteiger partial charge in [-0.1, -0.05) is 37.3 Å². The Balaban J connectivity index is 2.93. The SMILES string of the molecule is CCC(C)([SH2+])c1ccccc1. The molecule has 1 heteroatoms. The van der Waals surface area contributed by atoms with E-state index in [1.807, 2.05) is 6.07 Å². The number of rotatable bonds is 2. The number of hydrogen-bond acceptors (Lipinski definition) is 0. The standard InChI is InChI=1S/C10H14S/c1-3-10(2,11)9-7-5-4-6-8-9/h4-8,11H,3H2,1-2H3/p+1. The van der Waals surface area contributed by atoms with Crippen LogP contribution in [0.4, 0.5) is 0 Å². The minimum absolute atomic E-state index is 0.140. The van der Waals surface area contributed by atoms with Gasteiger partial charge in [0.1, 0.15) is 4.75 Å². The van der Waals surface area contributed by atoms with Crippen LogP contribution in [0, 0.1) is 0 Å². The van der Waals surface area contributed by atoms with Crippen molar-refractivity contribution in [2.75, 3.05) is 0 Å². The van der Waals surface area contributed by atoms with Crippen LogP contribution in [-0.2, 0) is 17.4 Å². The van der Waals surface area contributed by atoms with Crippen LogP contribution in [0.1, 0.15) is 25.8 Å². The summed E-state index contributed by atoms with van der Waals surface area (Å²) in [5, 5.41) is 0. The molecule has 0 aliphatic carbocycles. The molecule has 0 aliphatic rings. The third-order valence-electron chi connectivity index (χ3n) is 2.12. The van der Waals surface area contributed by atoms with Crippen molar-refractivity contribution in [3.8, 4) is 0 Å². The zero-order valence-electron chi connectivity index (χ0n) is 7.09. The summed E-state index contributed by atoms with van der Waals surface area (Å²) in [5.74, 6) is 0. The molecule has 0 spiro atoms. The Kier molecular flexibility index (Phi) is 2.61. The summed E-state index contributed by atoms with van der Waals surface area (Å²) in [6.45, 7) is 4.37. The summed E-state index contributed by atoms with van der Waals surface area (Å²) in [6, 6.07) is 10.5. The van der Waals surface area contributed by atoms with Crippen LogP contribution in [-0.4, -0.2) is 0 Å². The van der Waals surface area contributed by atoms with E-state index in [4.69, 9.17) is 0 Å². The second-order valence-corrected chi connectivity index (χ2v) is 4.16. The molecule has 0 saturated carbocycles. The van der Waals surface area contributed by atoms with Gasteiger partial charge in [0.15, 0.2) is 0 Å². The summed E-state index contributed by atoms with van der Waals surface area (Å²) in [4.78, 5) is 0. The first-order valence-corrected chi connectivity index (χ1v) is 4.47. The lowest BCUT2D eigenvalue weighted by molar-refractivity contribution is 0.669. The van der Waals surface area contributed by atoms with Gasteiger partial charge in [0, 0.05) is 5.56 Å². The number of hydrogen-bond donors (Lipinski definition) is 0. The van der Waals surface area contributed by atoms with Crippen LogP contribution in [0.15, 0.2) is 30.3 Å². The van der Waals surface area contributed by atoms with E-state index in [-0.39, 0.29) is 4.75 Å². The van der Waals surface area contributed by atoms with E-state index in [0.717, 1.165) is 6.42 Å². The molecular formula is C10H15S+. The molecule has 0 radical (unpaired) electrons. The number of benzene rings is 1. The van der Waals surface area contributed by atoms with Gasteiger partial charge < -0.3 is 0 Å². The minimum Gasteiger partial charge on any atom is -0.0622 e. The quantitative estimate of drug-likeness (QED) is 0.593. The van der Waals surface area contributed by atoms with E-state index >= 15 is 0 Å². The third kappa shape index (κ3) is 2.00. The van der Waals surface area contributed by atoms with Crippen molar-refractivity contribution in [3.63, 3.8) is 0 Å². The van der Waals surface area contributed by atoms with Gasteiger partial charge in [-0.25, -0.2) is 0 Å². The van der Waals surface area contributed by atoms with Gasteiger partial charge in [-0.3, -0.25) is 0 Å². The maximum atomic E-state index is 3.74. The Morgan fingerprint density at radius 2 is 1.82 bits per heavy atom. The van der Waals surface area contributed by atoms with Gasteiger partial charge in [0.25, 0.3) is 0 Å². The maximum absolute atomic E-state index is 3.74. The van der Waals surface area contributed by atoms with E-state index in [1.54, 1.807) is 0 Å². The molecule has 1 unspecified atom stereocenters. The predicted octanol–water partition coefficient (Wildman–Crippen LogP) is 2.32. The lowest BCUT2D eigenvalue weighted by Crippen LogP contribution is -2.15. The Hall–Kier alpha value is -0.430. The summed E-state index contributed by atoms with van der Waals surface area (Å²) in [6.07, 6.45) is 1.11. The summed E-state index contributed by atoms with van der Waals surface area (Å²) >= 11 is 3.74. The van der Waals surface area contributed by atoms with Gasteiger partial charge in [0.05, 0.1) is 0 Å². The zero-order valence-corrected chi connectivity index (χ0v) is 8.09. The van der Waals surface area contributed by atoms with Crippen molar-refractivity contribution in [1.29, 1.82) is 0 Å². The molecule has 1 aromatic rings. The molecule has 0 nitrogen and oxygen atoms in total. The van der Waals surface area contributed by atoms with Gasteiger partial charge in [-0.05, 0) is 26.0 Å². The molecule has 0 aromatic heterocycles. The average molecular weight is 167 g/mol. The Bertz CT molecular complexity index is 214. The fourth-order valence-corrected chi connectivity index (χ4v) is 1.18. The first-order chi connectivity index (χ1) is 5.17. The Morgan fingerprint density at radius 1 is 1.27 bits per heavy atom. The highest BCUT2D eigenvalue weighted by atomic mass is 32.1. The molecule has 1 atom stereocenters. The van der Waals surface area contributed by atoms with Gasteiger partial charge in [-0.15, -0.1) is 0 Å². The molecule has 1 aromatic carbocycles. The Morgan fingerprint density at radius 3 is 2.27 bits per heavy atom. The second-order valence-electron chi connectivity index (χ2n) is 3.05. The topological polar surface area (TPSA) is 0 Å². The van der Waals surface area contributed by atoms with Crippen LogP contribution >= 0.6 is 0 Å². The van der Waals surface area contributed by atoms with Crippen LogP contribution in [0.2, 0.25) is 0 Å². The molecule has 0 bridgehead atoms. The molecule has 0 heterocycles. The largest absolute Gasteiger partial charge is 0.145 e. The molecular weight excluding hydrogens is 152 g/mol. The van der Waals surface area contributed by atoms with E-state index < -0.39 is 0 Å². The van der Waals surface area contributed by atoms with Crippen LogP contribution in [0.25, 0.3) is 0 Å². The van der Waals surface area contributed by atoms with E-state index in [2.05, 4.69) is 50.7 Å². The molecule has 60 valence electrons. The second kappa shape index (κ2) is 3.31. The summed E-state index contributed by atoms with van der Waals surface area (Å²) < 4.78 is 0.140. The highest BCUT2D eigenvalue weighted by molar-refractivity contribution is 7.60. The van der Waals surface area contributed by atoms with Crippen molar-refractivity contribution < 1.29 is 0 Å². The lowest BCUT2D eigenvalue weighted by Gasteiger charge is -2.14.